The predicted molar refractivity (Wildman–Crippen MR) is 70.2 cm³/mol. The fourth-order valence-corrected chi connectivity index (χ4v) is 1.65. The highest BCUT2D eigenvalue weighted by Crippen LogP contribution is 2.16. The zero-order valence-corrected chi connectivity index (χ0v) is 11.0. The van der Waals surface area contributed by atoms with Crippen LogP contribution in [0.3, 0.4) is 0 Å². The zero-order valence-electron chi connectivity index (χ0n) is 10.2. The molecule has 0 spiro atoms. The van der Waals surface area contributed by atoms with Crippen molar-refractivity contribution in [1.82, 2.24) is 10.6 Å². The quantitative estimate of drug-likeness (QED) is 0.776. The largest absolute Gasteiger partial charge is 0.351 e. The summed E-state index contributed by atoms with van der Waals surface area (Å²) in [5.74, 6) is -0.455. The Morgan fingerprint density at radius 2 is 1.78 bits per heavy atom. The Hall–Kier alpha value is -1.59. The van der Waals surface area contributed by atoms with Crippen molar-refractivity contribution in [3.05, 3.63) is 34.9 Å². The molecule has 0 unspecified atom stereocenters. The normalized spacial score (nSPS) is 13.7. The van der Waals surface area contributed by atoms with Crippen molar-refractivity contribution in [3.8, 4) is 0 Å². The molecule has 0 bridgehead atoms. The topological polar surface area (TPSA) is 84.2 Å². The molecule has 98 valence electrons. The summed E-state index contributed by atoms with van der Waals surface area (Å²) < 4.78 is 0. The fraction of sp³-hybridized carbons (Fsp3) is 0.333. The van der Waals surface area contributed by atoms with E-state index in [0.29, 0.717) is 5.02 Å². The summed E-state index contributed by atoms with van der Waals surface area (Å²) in [6.07, 6.45) is 0. The third-order valence-corrected chi connectivity index (χ3v) is 2.76. The predicted octanol–water partition coefficient (Wildman–Crippen LogP) is 1.57. The van der Waals surface area contributed by atoms with Crippen molar-refractivity contribution in [3.63, 3.8) is 0 Å². The highest BCUT2D eigenvalue weighted by atomic mass is 35.5. The van der Waals surface area contributed by atoms with E-state index in [-0.39, 0.29) is 6.04 Å². The number of urea groups is 1. The number of benzene rings is 1. The smallest absolute Gasteiger partial charge is 0.318 e. The number of hydrogen-bond donors (Lipinski definition) is 3. The lowest BCUT2D eigenvalue weighted by molar-refractivity contribution is -0.121. The monoisotopic (exact) mass is 269 g/mol. The van der Waals surface area contributed by atoms with Crippen molar-refractivity contribution in [1.29, 1.82) is 0 Å². The first-order chi connectivity index (χ1) is 8.40. The van der Waals surface area contributed by atoms with Gasteiger partial charge in [0.1, 0.15) is 0 Å². The molecular weight excluding hydrogens is 254 g/mol. The maximum absolute atomic E-state index is 11.5. The van der Waals surface area contributed by atoms with Crippen molar-refractivity contribution in [2.24, 2.45) is 5.73 Å². The highest BCUT2D eigenvalue weighted by molar-refractivity contribution is 6.30. The van der Waals surface area contributed by atoms with E-state index in [9.17, 15) is 9.59 Å². The van der Waals surface area contributed by atoms with Crippen LogP contribution in [0.1, 0.15) is 25.5 Å². The van der Waals surface area contributed by atoms with E-state index in [0.717, 1.165) is 5.56 Å². The fourth-order valence-electron chi connectivity index (χ4n) is 1.53. The molecule has 0 saturated heterocycles. The lowest BCUT2D eigenvalue weighted by Gasteiger charge is -2.19. The van der Waals surface area contributed by atoms with Crippen LogP contribution >= 0.6 is 11.6 Å². The van der Waals surface area contributed by atoms with Gasteiger partial charge in [-0.1, -0.05) is 23.7 Å². The zero-order chi connectivity index (χ0) is 13.7. The number of carbonyl (C=O) groups excluding carboxylic acids is 2. The van der Waals surface area contributed by atoms with E-state index < -0.39 is 18.0 Å². The average molecular weight is 270 g/mol. The Balaban J connectivity index is 2.58. The second-order valence-electron chi connectivity index (χ2n) is 4.02. The number of hydrogen-bond acceptors (Lipinski definition) is 3. The summed E-state index contributed by atoms with van der Waals surface area (Å²) in [7, 11) is 0. The van der Waals surface area contributed by atoms with Crippen molar-refractivity contribution < 1.29 is 9.59 Å². The van der Waals surface area contributed by atoms with Gasteiger partial charge in [0.2, 0.25) is 5.91 Å². The van der Waals surface area contributed by atoms with Gasteiger partial charge in [-0.05, 0) is 31.5 Å². The summed E-state index contributed by atoms with van der Waals surface area (Å²) in [4.78, 5) is 22.0. The minimum atomic E-state index is -0.854. The molecular formula is C12H16ClN3O2. The van der Waals surface area contributed by atoms with E-state index in [2.05, 4.69) is 5.32 Å². The number of imide groups is 1. The molecule has 0 aliphatic carbocycles. The van der Waals surface area contributed by atoms with Crippen LogP contribution in [-0.4, -0.2) is 18.0 Å². The van der Waals surface area contributed by atoms with E-state index in [1.165, 1.54) is 0 Å². The van der Waals surface area contributed by atoms with Crippen LogP contribution in [0, 0.1) is 0 Å². The van der Waals surface area contributed by atoms with Crippen molar-refractivity contribution >= 4 is 23.5 Å². The van der Waals surface area contributed by atoms with Gasteiger partial charge in [-0.15, -0.1) is 0 Å². The molecule has 0 fully saturated rings. The number of nitrogens with one attached hydrogen (secondary N) is 2. The van der Waals surface area contributed by atoms with Crippen LogP contribution in [0.5, 0.6) is 0 Å². The van der Waals surface area contributed by atoms with Crippen LogP contribution in [-0.2, 0) is 4.79 Å². The Morgan fingerprint density at radius 3 is 2.28 bits per heavy atom. The molecule has 1 aromatic carbocycles. The van der Waals surface area contributed by atoms with Crippen LogP contribution in [0.25, 0.3) is 0 Å². The standard InChI is InChI=1S/C12H16ClN3O2/c1-7(9-3-5-10(13)6-4-9)15-8(2)11(17)16-12(14)18/h3-8,15H,1-2H3,(H3,14,16,17,18)/t7-,8+/m1/s1. The molecule has 1 rings (SSSR count). The Kier molecular flexibility index (Phi) is 5.12. The van der Waals surface area contributed by atoms with Crippen molar-refractivity contribution in [2.45, 2.75) is 25.9 Å². The molecule has 4 N–H and O–H groups in total. The third kappa shape index (κ3) is 4.35. The Bertz CT molecular complexity index is 433. The second kappa shape index (κ2) is 6.37. The van der Waals surface area contributed by atoms with Crippen LogP contribution in [0.2, 0.25) is 5.02 Å². The maximum atomic E-state index is 11.5. The van der Waals surface area contributed by atoms with Gasteiger partial charge in [0.25, 0.3) is 0 Å². The summed E-state index contributed by atoms with van der Waals surface area (Å²) in [5, 5.41) is 5.74. The van der Waals surface area contributed by atoms with Gasteiger partial charge in [-0.3, -0.25) is 15.4 Å². The molecule has 0 radical (unpaired) electrons. The molecule has 5 nitrogen and oxygen atoms in total. The number of nitrogens with two attached hydrogens (primary N) is 1. The molecule has 18 heavy (non-hydrogen) atoms. The number of rotatable bonds is 4. The van der Waals surface area contributed by atoms with Gasteiger partial charge >= 0.3 is 6.03 Å². The van der Waals surface area contributed by atoms with Gasteiger partial charge in [-0.25, -0.2) is 4.79 Å². The number of amides is 3. The lowest BCUT2D eigenvalue weighted by atomic mass is 10.1. The summed E-state index contributed by atoms with van der Waals surface area (Å²) in [5.41, 5.74) is 5.87. The molecule has 6 heteroatoms. The van der Waals surface area contributed by atoms with Crippen LogP contribution in [0.15, 0.2) is 24.3 Å². The summed E-state index contributed by atoms with van der Waals surface area (Å²) in [6, 6.07) is 5.89. The Morgan fingerprint density at radius 1 is 1.22 bits per heavy atom. The summed E-state index contributed by atoms with van der Waals surface area (Å²) in [6.45, 7) is 3.57. The van der Waals surface area contributed by atoms with E-state index in [1.807, 2.05) is 24.4 Å². The number of halogens is 1. The van der Waals surface area contributed by atoms with E-state index in [4.69, 9.17) is 17.3 Å². The minimum absolute atomic E-state index is 0.0455. The van der Waals surface area contributed by atoms with E-state index >= 15 is 0 Å². The minimum Gasteiger partial charge on any atom is -0.351 e. The number of carbonyl (C=O) groups is 2. The second-order valence-corrected chi connectivity index (χ2v) is 4.45. The first-order valence-corrected chi connectivity index (χ1v) is 5.89. The molecule has 0 saturated carbocycles. The molecule has 2 atom stereocenters. The highest BCUT2D eigenvalue weighted by Gasteiger charge is 2.17. The summed E-state index contributed by atoms with van der Waals surface area (Å²) >= 11 is 5.79. The van der Waals surface area contributed by atoms with Gasteiger partial charge < -0.3 is 5.73 Å². The molecule has 0 aliphatic heterocycles. The molecule has 3 amide bonds. The number of primary amides is 1. The first kappa shape index (κ1) is 14.5. The average Bonchev–Trinajstić information content (AvgIpc) is 2.28. The van der Waals surface area contributed by atoms with Crippen molar-refractivity contribution in [2.75, 3.05) is 0 Å². The van der Waals surface area contributed by atoms with Gasteiger partial charge in [0, 0.05) is 11.1 Å². The molecule has 0 heterocycles. The van der Waals surface area contributed by atoms with E-state index in [1.54, 1.807) is 19.1 Å². The lowest BCUT2D eigenvalue weighted by Crippen LogP contribution is -2.47. The van der Waals surface area contributed by atoms with Gasteiger partial charge in [0.15, 0.2) is 0 Å². The Labute approximate surface area is 111 Å². The van der Waals surface area contributed by atoms with Gasteiger partial charge in [-0.2, -0.15) is 0 Å². The molecule has 0 aliphatic rings. The SMILES string of the molecule is C[C@H](N[C@H](C)c1ccc(Cl)cc1)C(=O)NC(N)=O. The van der Waals surface area contributed by atoms with Gasteiger partial charge in [0.05, 0.1) is 6.04 Å². The van der Waals surface area contributed by atoms with Crippen LogP contribution < -0.4 is 16.4 Å². The van der Waals surface area contributed by atoms with Crippen LogP contribution in [0.4, 0.5) is 4.79 Å². The maximum Gasteiger partial charge on any atom is 0.318 e. The first-order valence-electron chi connectivity index (χ1n) is 5.52. The molecule has 0 aromatic heterocycles. The molecule has 1 aromatic rings. The third-order valence-electron chi connectivity index (χ3n) is 2.51.